The number of unbranched alkanes of at least 4 members (excludes halogenated alkanes) is 48. The first-order valence-electron chi connectivity index (χ1n) is 32.4. The molecule has 0 aromatic rings. The van der Waals surface area contributed by atoms with E-state index < -0.39 is 12.1 Å². The SMILES string of the molecule is CCCCCCCCCCCCCCCCCCCCCCCCC(O)C(CO)NC(=O)CCCCCCCCC/C=C\CCCCCCCCCCCCOC(=O)CCCCCCCCCCCCC. The molecule has 0 radical (unpaired) electrons. The van der Waals surface area contributed by atoms with E-state index in [0.29, 0.717) is 25.9 Å². The monoisotopic (exact) mass is 1000 g/mol. The molecule has 0 aromatic heterocycles. The van der Waals surface area contributed by atoms with Gasteiger partial charge in [-0.25, -0.2) is 0 Å². The molecule has 3 N–H and O–H groups in total. The van der Waals surface area contributed by atoms with E-state index >= 15 is 0 Å². The number of allylic oxidation sites excluding steroid dienone is 2. The molecule has 2 atom stereocenters. The van der Waals surface area contributed by atoms with Gasteiger partial charge in [0.25, 0.3) is 0 Å². The smallest absolute Gasteiger partial charge is 0.305 e. The van der Waals surface area contributed by atoms with Crippen LogP contribution in [0.15, 0.2) is 12.2 Å². The fraction of sp³-hybridized carbons (Fsp3) is 0.938. The maximum Gasteiger partial charge on any atom is 0.305 e. The minimum Gasteiger partial charge on any atom is -0.466 e. The summed E-state index contributed by atoms with van der Waals surface area (Å²) in [4.78, 5) is 24.5. The lowest BCUT2D eigenvalue weighted by molar-refractivity contribution is -0.143. The van der Waals surface area contributed by atoms with Gasteiger partial charge >= 0.3 is 5.97 Å². The van der Waals surface area contributed by atoms with Crippen molar-refractivity contribution >= 4 is 11.9 Å². The first kappa shape index (κ1) is 69.6. The van der Waals surface area contributed by atoms with Crippen LogP contribution in [0.5, 0.6) is 0 Å². The molecule has 6 heteroatoms. The standard InChI is InChI=1S/C65H127NO5/c1-3-5-7-9-11-13-15-16-17-18-19-20-22-25-28-31-34-38-41-45-49-53-57-63(68)62(61-67)66-64(69)58-54-50-46-42-39-35-32-29-26-23-21-24-27-30-33-36-40-44-48-52-56-60-71-65(70)59-55-51-47-43-37-14-12-10-8-6-4-2/h23,26,62-63,67-68H,3-22,24-25,27-61H2,1-2H3,(H,66,69)/b26-23-. The quantitative estimate of drug-likeness (QED) is 0.0320. The van der Waals surface area contributed by atoms with Crippen LogP contribution in [0.3, 0.4) is 0 Å². The molecule has 0 spiro atoms. The van der Waals surface area contributed by atoms with Gasteiger partial charge in [-0.05, 0) is 51.4 Å². The van der Waals surface area contributed by atoms with Crippen LogP contribution in [0.25, 0.3) is 0 Å². The highest BCUT2D eigenvalue weighted by molar-refractivity contribution is 5.76. The lowest BCUT2D eigenvalue weighted by Gasteiger charge is -2.22. The minimum absolute atomic E-state index is 0.00885. The van der Waals surface area contributed by atoms with Crippen molar-refractivity contribution in [3.63, 3.8) is 0 Å². The zero-order valence-corrected chi connectivity index (χ0v) is 48.2. The predicted octanol–water partition coefficient (Wildman–Crippen LogP) is 20.4. The van der Waals surface area contributed by atoms with Crippen molar-refractivity contribution in [2.75, 3.05) is 13.2 Å². The number of esters is 1. The van der Waals surface area contributed by atoms with E-state index in [0.717, 1.165) is 38.5 Å². The third-order valence-electron chi connectivity index (χ3n) is 15.3. The van der Waals surface area contributed by atoms with E-state index in [1.807, 2.05) is 0 Å². The summed E-state index contributed by atoms with van der Waals surface area (Å²) in [7, 11) is 0. The van der Waals surface area contributed by atoms with Crippen LogP contribution in [0, 0.1) is 0 Å². The maximum atomic E-state index is 12.5. The minimum atomic E-state index is -0.669. The number of hydrogen-bond donors (Lipinski definition) is 3. The molecule has 0 saturated carbocycles. The lowest BCUT2D eigenvalue weighted by Crippen LogP contribution is -2.45. The fourth-order valence-corrected chi connectivity index (χ4v) is 10.3. The van der Waals surface area contributed by atoms with Gasteiger partial charge in [-0.3, -0.25) is 9.59 Å². The number of amides is 1. The molecule has 6 nitrogen and oxygen atoms in total. The summed E-state index contributed by atoms with van der Waals surface area (Å²) in [6.45, 7) is 4.97. The number of ether oxygens (including phenoxy) is 1. The second kappa shape index (κ2) is 61.1. The molecular formula is C65H127NO5. The zero-order chi connectivity index (χ0) is 51.4. The van der Waals surface area contributed by atoms with Crippen molar-refractivity contribution in [1.82, 2.24) is 5.32 Å². The Hall–Kier alpha value is -1.40. The van der Waals surface area contributed by atoms with Gasteiger partial charge in [0.2, 0.25) is 5.91 Å². The first-order chi connectivity index (χ1) is 35.0. The molecule has 0 saturated heterocycles. The van der Waals surface area contributed by atoms with Crippen molar-refractivity contribution in [2.24, 2.45) is 0 Å². The van der Waals surface area contributed by atoms with Crippen molar-refractivity contribution in [2.45, 2.75) is 379 Å². The summed E-state index contributed by atoms with van der Waals surface area (Å²) in [5.74, 6) is -0.0296. The summed E-state index contributed by atoms with van der Waals surface area (Å²) >= 11 is 0. The third kappa shape index (κ3) is 57.7. The molecule has 0 aliphatic carbocycles. The summed E-state index contributed by atoms with van der Waals surface area (Å²) < 4.78 is 5.47. The number of nitrogens with one attached hydrogen (secondary N) is 1. The third-order valence-corrected chi connectivity index (χ3v) is 15.3. The van der Waals surface area contributed by atoms with Crippen LogP contribution >= 0.6 is 0 Å². The van der Waals surface area contributed by atoms with Crippen LogP contribution in [0.2, 0.25) is 0 Å². The maximum absolute atomic E-state index is 12.5. The van der Waals surface area contributed by atoms with Gasteiger partial charge in [-0.15, -0.1) is 0 Å². The largest absolute Gasteiger partial charge is 0.466 e. The Labute approximate surface area is 444 Å². The molecule has 0 aliphatic rings. The number of hydrogen-bond acceptors (Lipinski definition) is 5. The summed E-state index contributed by atoms with van der Waals surface area (Å²) in [6, 6.07) is -0.547. The average molecular weight is 1000 g/mol. The Kier molecular flexibility index (Phi) is 59.9. The molecule has 0 aromatic carbocycles. The zero-order valence-electron chi connectivity index (χ0n) is 48.2. The van der Waals surface area contributed by atoms with Gasteiger partial charge < -0.3 is 20.3 Å². The van der Waals surface area contributed by atoms with Crippen molar-refractivity contribution in [3.8, 4) is 0 Å². The summed E-state index contributed by atoms with van der Waals surface area (Å²) in [5, 5.41) is 23.4. The van der Waals surface area contributed by atoms with E-state index in [-0.39, 0.29) is 18.5 Å². The van der Waals surface area contributed by atoms with Gasteiger partial charge in [0.1, 0.15) is 0 Å². The van der Waals surface area contributed by atoms with Gasteiger partial charge in [-0.2, -0.15) is 0 Å². The van der Waals surface area contributed by atoms with Gasteiger partial charge in [-0.1, -0.05) is 315 Å². The van der Waals surface area contributed by atoms with Crippen molar-refractivity contribution in [3.05, 3.63) is 12.2 Å². The van der Waals surface area contributed by atoms with E-state index in [1.54, 1.807) is 0 Å². The van der Waals surface area contributed by atoms with Crippen LogP contribution in [0.1, 0.15) is 367 Å². The highest BCUT2D eigenvalue weighted by Crippen LogP contribution is 2.18. The Bertz CT molecular complexity index is 1060. The lowest BCUT2D eigenvalue weighted by atomic mass is 10.0. The van der Waals surface area contributed by atoms with Gasteiger partial charge in [0.15, 0.2) is 0 Å². The molecule has 0 bridgehead atoms. The van der Waals surface area contributed by atoms with Crippen molar-refractivity contribution in [1.29, 1.82) is 0 Å². The number of carbonyl (C=O) groups excluding carboxylic acids is 2. The van der Waals surface area contributed by atoms with E-state index in [4.69, 9.17) is 4.74 Å². The van der Waals surface area contributed by atoms with Crippen LogP contribution in [0.4, 0.5) is 0 Å². The second-order valence-corrected chi connectivity index (χ2v) is 22.5. The Morgan fingerprint density at radius 1 is 0.380 bits per heavy atom. The summed E-state index contributed by atoms with van der Waals surface area (Å²) in [6.07, 6.45) is 73.7. The van der Waals surface area contributed by atoms with E-state index in [1.165, 1.54) is 295 Å². The van der Waals surface area contributed by atoms with Crippen LogP contribution in [-0.2, 0) is 14.3 Å². The molecule has 0 rings (SSSR count). The number of aliphatic hydroxyl groups excluding tert-OH is 2. The normalized spacial score (nSPS) is 12.6. The van der Waals surface area contributed by atoms with Crippen molar-refractivity contribution < 1.29 is 24.5 Å². The topological polar surface area (TPSA) is 95.9 Å². The van der Waals surface area contributed by atoms with Gasteiger partial charge in [0.05, 0.1) is 25.4 Å². The molecule has 2 unspecified atom stereocenters. The number of rotatable bonds is 61. The molecule has 0 heterocycles. The Balaban J connectivity index is 3.42. The molecule has 1 amide bonds. The van der Waals surface area contributed by atoms with Gasteiger partial charge in [0, 0.05) is 12.8 Å². The Morgan fingerprint density at radius 2 is 0.662 bits per heavy atom. The molecule has 0 fully saturated rings. The molecular weight excluding hydrogens is 875 g/mol. The fourth-order valence-electron chi connectivity index (χ4n) is 10.3. The molecule has 0 aliphatic heterocycles. The van der Waals surface area contributed by atoms with Crippen LogP contribution in [-0.4, -0.2) is 47.4 Å². The first-order valence-corrected chi connectivity index (χ1v) is 32.4. The average Bonchev–Trinajstić information content (AvgIpc) is 3.37. The predicted molar refractivity (Wildman–Crippen MR) is 310 cm³/mol. The number of aliphatic hydroxyl groups is 2. The van der Waals surface area contributed by atoms with E-state index in [2.05, 4.69) is 31.3 Å². The van der Waals surface area contributed by atoms with Crippen LogP contribution < -0.4 is 5.32 Å². The molecule has 71 heavy (non-hydrogen) atoms. The van der Waals surface area contributed by atoms with E-state index in [9.17, 15) is 19.8 Å². The number of carbonyl (C=O) groups is 2. The highest BCUT2D eigenvalue weighted by Gasteiger charge is 2.20. The second-order valence-electron chi connectivity index (χ2n) is 22.5. The summed E-state index contributed by atoms with van der Waals surface area (Å²) in [5.41, 5.74) is 0. The highest BCUT2D eigenvalue weighted by atomic mass is 16.5. The molecule has 422 valence electrons. The Morgan fingerprint density at radius 3 is 1.00 bits per heavy atom.